The molecule has 0 aliphatic carbocycles. The highest BCUT2D eigenvalue weighted by Gasteiger charge is 2.16. The van der Waals surface area contributed by atoms with Gasteiger partial charge in [0.05, 0.1) is 6.54 Å². The molecule has 0 radical (unpaired) electrons. The van der Waals surface area contributed by atoms with Gasteiger partial charge in [0.15, 0.2) is 0 Å². The van der Waals surface area contributed by atoms with E-state index >= 15 is 0 Å². The monoisotopic (exact) mass is 421 g/mol. The fourth-order valence-electron chi connectivity index (χ4n) is 3.05. The number of carboxylic acids is 1. The van der Waals surface area contributed by atoms with Crippen LogP contribution in [0.2, 0.25) is 0 Å². The van der Waals surface area contributed by atoms with Crippen LogP contribution in [0.3, 0.4) is 0 Å². The predicted molar refractivity (Wildman–Crippen MR) is 117 cm³/mol. The van der Waals surface area contributed by atoms with E-state index in [9.17, 15) is 0 Å². The first kappa shape index (κ1) is 30.5. The molecule has 0 heterocycles. The van der Waals surface area contributed by atoms with Crippen LogP contribution in [0.25, 0.3) is 0 Å². The largest absolute Gasteiger partial charge is 0.480 e. The van der Waals surface area contributed by atoms with E-state index in [0.717, 1.165) is 13.0 Å². The van der Waals surface area contributed by atoms with Crippen LogP contribution in [0, 0.1) is 0 Å². The second kappa shape index (κ2) is 23.5. The SMILES string of the molecule is CCCCCCCCCCCCCCCCCCNCC(O)(O)O.O=C(O)CO. The third-order valence-corrected chi connectivity index (χ3v) is 4.70. The average Bonchev–Trinajstić information content (AvgIpc) is 2.66. The van der Waals surface area contributed by atoms with Crippen molar-refractivity contribution in [3.8, 4) is 0 Å². The molecule has 6 N–H and O–H groups in total. The lowest BCUT2D eigenvalue weighted by atomic mass is 10.0. The van der Waals surface area contributed by atoms with Gasteiger partial charge in [-0.1, -0.05) is 103 Å². The quantitative estimate of drug-likeness (QED) is 0.131. The van der Waals surface area contributed by atoms with Gasteiger partial charge in [0.2, 0.25) is 0 Å². The van der Waals surface area contributed by atoms with Crippen LogP contribution in [0.15, 0.2) is 0 Å². The Balaban J connectivity index is 0. The summed E-state index contributed by atoms with van der Waals surface area (Å²) in [6, 6.07) is 0. The number of carboxylic acid groups (broad SMARTS) is 1. The molecule has 0 atom stereocenters. The molecule has 7 heteroatoms. The maximum atomic E-state index is 9.12. The van der Waals surface area contributed by atoms with Crippen molar-refractivity contribution in [2.24, 2.45) is 0 Å². The first-order chi connectivity index (χ1) is 13.8. The van der Waals surface area contributed by atoms with Gasteiger partial charge < -0.3 is 30.8 Å². The molecular weight excluding hydrogens is 374 g/mol. The zero-order valence-electron chi connectivity index (χ0n) is 18.6. The van der Waals surface area contributed by atoms with Crippen molar-refractivity contribution in [1.82, 2.24) is 5.32 Å². The van der Waals surface area contributed by atoms with Gasteiger partial charge in [0.1, 0.15) is 6.61 Å². The molecule has 0 spiro atoms. The Morgan fingerprint density at radius 2 is 1.00 bits per heavy atom. The molecule has 0 unspecified atom stereocenters. The van der Waals surface area contributed by atoms with Gasteiger partial charge in [-0.15, -0.1) is 0 Å². The zero-order valence-corrected chi connectivity index (χ0v) is 18.6. The van der Waals surface area contributed by atoms with E-state index in [-0.39, 0.29) is 6.54 Å². The van der Waals surface area contributed by atoms with E-state index in [1.54, 1.807) is 0 Å². The van der Waals surface area contributed by atoms with Gasteiger partial charge in [-0.2, -0.15) is 0 Å². The molecule has 0 aromatic carbocycles. The lowest BCUT2D eigenvalue weighted by molar-refractivity contribution is -0.306. The molecule has 29 heavy (non-hydrogen) atoms. The maximum Gasteiger partial charge on any atom is 0.329 e. The summed E-state index contributed by atoms with van der Waals surface area (Å²) in [5.74, 6) is -3.76. The molecule has 0 rings (SSSR count). The Hall–Kier alpha value is -0.730. The van der Waals surface area contributed by atoms with Crippen LogP contribution in [-0.2, 0) is 4.79 Å². The van der Waals surface area contributed by atoms with Crippen LogP contribution in [0.1, 0.15) is 110 Å². The Labute approximate surface area is 177 Å². The average molecular weight is 422 g/mol. The summed E-state index contributed by atoms with van der Waals surface area (Å²) in [4.78, 5) is 9.12. The van der Waals surface area contributed by atoms with E-state index in [2.05, 4.69) is 12.2 Å². The summed E-state index contributed by atoms with van der Waals surface area (Å²) in [6.45, 7) is 2.03. The third kappa shape index (κ3) is 35.1. The van der Waals surface area contributed by atoms with Crippen LogP contribution in [0.5, 0.6) is 0 Å². The summed E-state index contributed by atoms with van der Waals surface area (Å²) in [7, 11) is 0. The van der Waals surface area contributed by atoms with E-state index in [4.69, 9.17) is 30.3 Å². The maximum absolute atomic E-state index is 9.12. The molecule has 0 bridgehead atoms. The number of carbonyl (C=O) groups is 1. The minimum Gasteiger partial charge on any atom is -0.480 e. The lowest BCUT2D eigenvalue weighted by Gasteiger charge is -2.14. The Morgan fingerprint density at radius 1 is 0.690 bits per heavy atom. The standard InChI is InChI=1S/C20H43NO3.C2H4O3/c1-2-3-4-5-6-7-8-9-10-11-12-13-14-15-16-17-18-21-19-20(22,23)24;3-1-2(4)5/h21-24H,2-19H2,1H3;3H,1H2,(H,4,5). The second-order valence-corrected chi connectivity index (χ2v) is 7.81. The third-order valence-electron chi connectivity index (χ3n) is 4.70. The van der Waals surface area contributed by atoms with Crippen LogP contribution in [-0.4, -0.2) is 57.2 Å². The molecule has 0 amide bonds. The van der Waals surface area contributed by atoms with Gasteiger partial charge in [-0.3, -0.25) is 0 Å². The highest BCUT2D eigenvalue weighted by Crippen LogP contribution is 2.13. The molecule has 0 saturated heterocycles. The second-order valence-electron chi connectivity index (χ2n) is 7.81. The van der Waals surface area contributed by atoms with Crippen molar-refractivity contribution in [2.75, 3.05) is 19.7 Å². The predicted octanol–water partition coefficient (Wildman–Crippen LogP) is 3.53. The molecular formula is C22H47NO6. The summed E-state index contributed by atoms with van der Waals surface area (Å²) < 4.78 is 0. The van der Waals surface area contributed by atoms with Crippen LogP contribution >= 0.6 is 0 Å². The van der Waals surface area contributed by atoms with Gasteiger partial charge in [-0.25, -0.2) is 4.79 Å². The minimum absolute atomic E-state index is 0.189. The minimum atomic E-state index is -2.57. The van der Waals surface area contributed by atoms with Gasteiger partial charge in [0.25, 0.3) is 5.97 Å². The zero-order chi connectivity index (χ0) is 22.2. The van der Waals surface area contributed by atoms with E-state index in [0.29, 0.717) is 0 Å². The van der Waals surface area contributed by atoms with Crippen molar-refractivity contribution in [1.29, 1.82) is 0 Å². The molecule has 176 valence electrons. The van der Waals surface area contributed by atoms with Gasteiger partial charge >= 0.3 is 5.97 Å². The van der Waals surface area contributed by atoms with Gasteiger partial charge in [-0.05, 0) is 13.0 Å². The summed E-state index contributed by atoms with van der Waals surface area (Å²) in [6.07, 6.45) is 21.6. The van der Waals surface area contributed by atoms with Crippen molar-refractivity contribution in [3.05, 3.63) is 0 Å². The lowest BCUT2D eigenvalue weighted by Crippen LogP contribution is -2.40. The molecule has 0 saturated carbocycles. The number of unbranched alkanes of at least 4 members (excludes halogenated alkanes) is 15. The molecule has 0 aromatic heterocycles. The normalized spacial score (nSPS) is 11.2. The molecule has 7 nitrogen and oxygen atoms in total. The first-order valence-electron chi connectivity index (χ1n) is 11.5. The molecule has 0 aliphatic heterocycles. The molecule has 0 aliphatic rings. The van der Waals surface area contributed by atoms with E-state index < -0.39 is 18.5 Å². The number of aliphatic hydroxyl groups is 4. The number of aliphatic hydroxyl groups excluding tert-OH is 1. The van der Waals surface area contributed by atoms with Crippen LogP contribution in [0.4, 0.5) is 0 Å². The van der Waals surface area contributed by atoms with Gasteiger partial charge in [0, 0.05) is 0 Å². The number of hydrogen-bond donors (Lipinski definition) is 6. The summed E-state index contributed by atoms with van der Waals surface area (Å²) in [5, 5.41) is 43.9. The summed E-state index contributed by atoms with van der Waals surface area (Å²) >= 11 is 0. The highest BCUT2D eigenvalue weighted by atomic mass is 16.7. The Bertz CT molecular complexity index is 334. The molecule has 0 aromatic rings. The Kier molecular flexibility index (Phi) is 24.7. The number of nitrogens with one attached hydrogen (secondary N) is 1. The smallest absolute Gasteiger partial charge is 0.329 e. The fraction of sp³-hybridized carbons (Fsp3) is 0.955. The van der Waals surface area contributed by atoms with Crippen molar-refractivity contribution >= 4 is 5.97 Å². The highest BCUT2D eigenvalue weighted by molar-refractivity contribution is 5.67. The van der Waals surface area contributed by atoms with Crippen LogP contribution < -0.4 is 5.32 Å². The number of rotatable bonds is 20. The number of aliphatic carboxylic acids is 1. The van der Waals surface area contributed by atoms with Crippen molar-refractivity contribution in [3.63, 3.8) is 0 Å². The van der Waals surface area contributed by atoms with E-state index in [1.807, 2.05) is 0 Å². The summed E-state index contributed by atoms with van der Waals surface area (Å²) in [5.41, 5.74) is 0. The van der Waals surface area contributed by atoms with Crippen molar-refractivity contribution < 1.29 is 30.3 Å². The molecule has 0 fully saturated rings. The van der Waals surface area contributed by atoms with Crippen molar-refractivity contribution in [2.45, 2.75) is 116 Å². The fourth-order valence-corrected chi connectivity index (χ4v) is 3.05. The topological polar surface area (TPSA) is 130 Å². The van der Waals surface area contributed by atoms with E-state index in [1.165, 1.54) is 96.3 Å². The number of hydrogen-bond acceptors (Lipinski definition) is 6. The first-order valence-corrected chi connectivity index (χ1v) is 11.5. The Morgan fingerprint density at radius 3 is 1.28 bits per heavy atom.